The van der Waals surface area contributed by atoms with Gasteiger partial charge >= 0.3 is 288 Å². The molecule has 0 saturated carbocycles. The molecule has 2 aliphatic rings. The Morgan fingerprint density at radius 2 is 1.27 bits per heavy atom. The van der Waals surface area contributed by atoms with E-state index in [1.54, 1.807) is 16.7 Å². The first-order valence-electron chi connectivity index (χ1n) is 18.1. The van der Waals surface area contributed by atoms with Gasteiger partial charge in [-0.3, -0.25) is 0 Å². The largest absolute Gasteiger partial charge is 1.00 e. The summed E-state index contributed by atoms with van der Waals surface area (Å²) in [6.45, 7) is 11.9. The number of benzene rings is 4. The standard InChI is InChI=1S/C31H29.C9H18.C5H5.2ClH.Zr/c1-4-5-16-26-22(3)28(24-14-10-7-11-15-24)20-31-29-19-27(23-12-8-6-9-13-23)21(2)17-25(29)18-30(26)31;1-3-5-7-9-8-6-4-2;1-2-4-5-3-1;;;/h6-15,17-20H,4-5,16H2,1-3H3;3-8H2,1-2H3;1-3H,4H2;2*1H;/q;;;;;+2/p-2. The molecule has 4 aromatic rings. The molecule has 250 valence electrons. The summed E-state index contributed by atoms with van der Waals surface area (Å²) < 4.78 is 4.37. The first-order valence-corrected chi connectivity index (χ1v) is 21.9. The van der Waals surface area contributed by atoms with E-state index in [1.807, 2.05) is 6.49 Å². The fourth-order valence-corrected chi connectivity index (χ4v) is 17.6. The predicted octanol–water partition coefficient (Wildman–Crippen LogP) is 7.07. The van der Waals surface area contributed by atoms with Gasteiger partial charge < -0.3 is 24.8 Å². The van der Waals surface area contributed by atoms with E-state index in [4.69, 9.17) is 0 Å². The van der Waals surface area contributed by atoms with Gasteiger partial charge in [-0.15, -0.1) is 0 Å². The van der Waals surface area contributed by atoms with Crippen LogP contribution in [-0.2, 0) is 27.7 Å². The van der Waals surface area contributed by atoms with Gasteiger partial charge in [-0.05, 0) is 0 Å². The van der Waals surface area contributed by atoms with Crippen LogP contribution in [0.15, 0.2) is 100 Å². The van der Waals surface area contributed by atoms with Crippen LogP contribution < -0.4 is 24.8 Å². The molecule has 0 spiro atoms. The van der Waals surface area contributed by atoms with Crippen molar-refractivity contribution in [2.24, 2.45) is 0 Å². The Morgan fingerprint density at radius 3 is 1.83 bits per heavy atom. The molecule has 48 heavy (non-hydrogen) atoms. The number of hydrogen-bond donors (Lipinski definition) is 0. The zero-order valence-electron chi connectivity index (χ0n) is 29.6. The first kappa shape index (κ1) is 38.5. The van der Waals surface area contributed by atoms with Gasteiger partial charge in [0.05, 0.1) is 0 Å². The molecule has 0 aromatic heterocycles. The van der Waals surface area contributed by atoms with E-state index in [9.17, 15) is 0 Å². The van der Waals surface area contributed by atoms with Gasteiger partial charge in [0.2, 0.25) is 0 Å². The van der Waals surface area contributed by atoms with Gasteiger partial charge in [0, 0.05) is 0 Å². The normalized spacial score (nSPS) is 13.9. The van der Waals surface area contributed by atoms with E-state index in [2.05, 4.69) is 132 Å². The van der Waals surface area contributed by atoms with Crippen LogP contribution in [0.25, 0.3) is 33.4 Å². The Bertz CT molecular complexity index is 1770. The van der Waals surface area contributed by atoms with E-state index in [0.29, 0.717) is 3.63 Å². The van der Waals surface area contributed by atoms with Crippen LogP contribution in [0.4, 0.5) is 0 Å². The number of allylic oxidation sites excluding steroid dienone is 4. The molecule has 4 aromatic carbocycles. The smallest absolute Gasteiger partial charge is 1.00 e. The summed E-state index contributed by atoms with van der Waals surface area (Å²) in [5.74, 6) is 0. The molecular formula is C45H52Cl2Zr. The van der Waals surface area contributed by atoms with Crippen molar-refractivity contribution >= 4 is 3.21 Å². The average molecular weight is 755 g/mol. The van der Waals surface area contributed by atoms with Gasteiger partial charge in [-0.25, -0.2) is 0 Å². The van der Waals surface area contributed by atoms with Gasteiger partial charge in [-0.2, -0.15) is 0 Å². The second-order valence-electron chi connectivity index (χ2n) is 13.6. The number of rotatable bonds is 13. The Kier molecular flexibility index (Phi) is 14.5. The third-order valence-electron chi connectivity index (χ3n) is 10.4. The van der Waals surface area contributed by atoms with E-state index < -0.39 is 21.3 Å². The monoisotopic (exact) mass is 752 g/mol. The van der Waals surface area contributed by atoms with Gasteiger partial charge in [-0.1, -0.05) is 0 Å². The minimum absolute atomic E-state index is 0. The third-order valence-corrected chi connectivity index (χ3v) is 19.1. The Morgan fingerprint density at radius 1 is 0.688 bits per heavy atom. The van der Waals surface area contributed by atoms with Crippen molar-refractivity contribution in [2.75, 3.05) is 0 Å². The van der Waals surface area contributed by atoms with Gasteiger partial charge in [0.25, 0.3) is 0 Å². The Balaban J connectivity index is 0.00000260. The molecule has 0 amide bonds. The van der Waals surface area contributed by atoms with Gasteiger partial charge in [0.1, 0.15) is 0 Å². The van der Waals surface area contributed by atoms with Crippen LogP contribution in [0, 0.1) is 13.8 Å². The SMILES string of the molecule is CCCC[C](CCCC)=[Zr+2]([C]1=CC=CC1)[CH]1c2cc(C)c(-c3ccccc3)cc2-c2cc(-c3ccccc3)c(C)c(CCCC)c21.[Cl-].[Cl-]. The topological polar surface area (TPSA) is 0 Å². The van der Waals surface area contributed by atoms with Crippen LogP contribution in [0.2, 0.25) is 0 Å². The second kappa shape index (κ2) is 18.1. The van der Waals surface area contributed by atoms with Gasteiger partial charge in [0.15, 0.2) is 0 Å². The number of fused-ring (bicyclic) bond motifs is 3. The molecule has 0 heterocycles. The zero-order valence-corrected chi connectivity index (χ0v) is 33.6. The summed E-state index contributed by atoms with van der Waals surface area (Å²) in [6, 6.07) is 30.1. The Labute approximate surface area is 311 Å². The van der Waals surface area contributed by atoms with Crippen LogP contribution >= 0.6 is 0 Å². The molecule has 0 aliphatic heterocycles. The van der Waals surface area contributed by atoms with E-state index in [-0.39, 0.29) is 24.8 Å². The van der Waals surface area contributed by atoms with Crippen molar-refractivity contribution < 1.29 is 46.1 Å². The molecule has 0 radical (unpaired) electrons. The fraction of sp³-hybridized carbons (Fsp3) is 0.356. The minimum atomic E-state index is -2.39. The maximum Gasteiger partial charge on any atom is -1.00 e. The number of halogens is 2. The van der Waals surface area contributed by atoms with Crippen molar-refractivity contribution in [1.82, 2.24) is 0 Å². The molecule has 0 bridgehead atoms. The Hall–Kier alpha value is -2.31. The van der Waals surface area contributed by atoms with E-state index >= 15 is 0 Å². The average Bonchev–Trinajstić information content (AvgIpc) is 3.72. The summed E-state index contributed by atoms with van der Waals surface area (Å²) in [6.07, 6.45) is 20.1. The van der Waals surface area contributed by atoms with E-state index in [1.165, 1.54) is 109 Å². The zero-order chi connectivity index (χ0) is 32.0. The summed E-state index contributed by atoms with van der Waals surface area (Å²) in [7, 11) is 0. The molecule has 0 N–H and O–H groups in total. The van der Waals surface area contributed by atoms with Crippen LogP contribution in [0.3, 0.4) is 0 Å². The quantitative estimate of drug-likeness (QED) is 0.137. The van der Waals surface area contributed by atoms with Crippen LogP contribution in [-0.4, -0.2) is 3.21 Å². The maximum atomic E-state index is 2.64. The molecular weight excluding hydrogens is 703 g/mol. The molecule has 0 saturated heterocycles. The molecule has 3 heteroatoms. The van der Waals surface area contributed by atoms with Crippen molar-refractivity contribution in [2.45, 2.75) is 102 Å². The van der Waals surface area contributed by atoms with Crippen LogP contribution in [0.1, 0.15) is 110 Å². The summed E-state index contributed by atoms with van der Waals surface area (Å²) in [4.78, 5) is 0. The van der Waals surface area contributed by atoms with Crippen molar-refractivity contribution in [3.63, 3.8) is 0 Å². The molecule has 6 rings (SSSR count). The first-order chi connectivity index (χ1) is 22.6. The summed E-state index contributed by atoms with van der Waals surface area (Å²) in [5.41, 5.74) is 16.5. The molecule has 0 fully saturated rings. The summed E-state index contributed by atoms with van der Waals surface area (Å²) in [5, 5.41) is 0. The van der Waals surface area contributed by atoms with Crippen molar-refractivity contribution in [3.05, 3.63) is 128 Å². The number of aryl methyl sites for hydroxylation is 1. The summed E-state index contributed by atoms with van der Waals surface area (Å²) >= 11 is -2.39. The van der Waals surface area contributed by atoms with E-state index in [0.717, 1.165) is 0 Å². The number of hydrogen-bond acceptors (Lipinski definition) is 0. The molecule has 1 unspecified atom stereocenters. The molecule has 1 atom stereocenters. The molecule has 2 aliphatic carbocycles. The predicted molar refractivity (Wildman–Crippen MR) is 199 cm³/mol. The van der Waals surface area contributed by atoms with Crippen molar-refractivity contribution in [3.8, 4) is 33.4 Å². The second-order valence-corrected chi connectivity index (χ2v) is 20.3. The third kappa shape index (κ3) is 7.85. The number of unbranched alkanes of at least 4 members (excludes halogenated alkanes) is 3. The molecule has 0 nitrogen and oxygen atoms in total. The fourth-order valence-electron chi connectivity index (χ4n) is 8.03. The van der Waals surface area contributed by atoms with Crippen LogP contribution in [0.5, 0.6) is 0 Å². The maximum absolute atomic E-state index is 2.64. The van der Waals surface area contributed by atoms with Crippen molar-refractivity contribution in [1.29, 1.82) is 0 Å². The minimum Gasteiger partial charge on any atom is -1.00 e.